The maximum absolute atomic E-state index is 14.4. The Kier molecular flexibility index (Phi) is 13.7. The van der Waals surface area contributed by atoms with Gasteiger partial charge in [0.05, 0.1) is 0 Å². The molecule has 263 valence electrons. The number of hydrogen-bond acceptors (Lipinski definition) is 4. The molecule has 2 aromatic heterocycles. The summed E-state index contributed by atoms with van der Waals surface area (Å²) in [6, 6.07) is 21.8. The van der Waals surface area contributed by atoms with Crippen LogP contribution < -0.4 is 4.40 Å². The van der Waals surface area contributed by atoms with Gasteiger partial charge in [-0.3, -0.25) is 4.79 Å². The summed E-state index contributed by atoms with van der Waals surface area (Å²) in [6.07, 6.45) is 6.51. The number of aliphatic hydroxyl groups excluding tert-OH is 1. The molecule has 0 unspecified atom stereocenters. The third-order valence-electron chi connectivity index (χ3n) is 10.1. The molecular weight excluding hydrogens is 873 g/mol. The summed E-state index contributed by atoms with van der Waals surface area (Å²) in [5.74, 6) is 6.31. The largest absolute Gasteiger partial charge is 0 e. The molecule has 1 N–H and O–H groups in total. The number of aliphatic hydroxyl groups is 1. The van der Waals surface area contributed by atoms with Gasteiger partial charge in [-0.2, -0.15) is 0 Å². The van der Waals surface area contributed by atoms with Gasteiger partial charge >= 0.3 is 187 Å². The van der Waals surface area contributed by atoms with E-state index in [9.17, 15) is 18.7 Å². The maximum atomic E-state index is 14.4. The molecule has 0 saturated carbocycles. The van der Waals surface area contributed by atoms with Gasteiger partial charge in [0.1, 0.15) is 5.76 Å². The molecule has 0 aliphatic heterocycles. The first kappa shape index (κ1) is 40.7. The Labute approximate surface area is 311 Å². The van der Waals surface area contributed by atoms with Gasteiger partial charge < -0.3 is 5.11 Å². The summed E-state index contributed by atoms with van der Waals surface area (Å²) in [4.78, 5) is 17.4. The van der Waals surface area contributed by atoms with Crippen molar-refractivity contribution >= 4 is 55.6 Å². The van der Waals surface area contributed by atoms with Crippen molar-refractivity contribution in [1.82, 2.24) is 4.98 Å². The Morgan fingerprint density at radius 1 is 0.898 bits per heavy atom. The van der Waals surface area contributed by atoms with E-state index in [0.717, 1.165) is 52.4 Å². The number of aromatic nitrogens is 1. The van der Waals surface area contributed by atoms with Crippen molar-refractivity contribution in [3.63, 3.8) is 0 Å². The number of allylic oxidation sites excluding steroid dienone is 2. The summed E-state index contributed by atoms with van der Waals surface area (Å²) >= 11 is -0.815. The molecule has 5 rings (SSSR count). The predicted octanol–water partition coefficient (Wildman–Crippen LogP) is 12.1. The van der Waals surface area contributed by atoms with Crippen LogP contribution in [0.2, 0.25) is 17.3 Å². The maximum Gasteiger partial charge on any atom is 0 e. The van der Waals surface area contributed by atoms with Gasteiger partial charge in [0, 0.05) is 37.0 Å². The third kappa shape index (κ3) is 8.79. The van der Waals surface area contributed by atoms with E-state index in [0.29, 0.717) is 4.88 Å². The first-order chi connectivity index (χ1) is 22.6. The van der Waals surface area contributed by atoms with Crippen LogP contribution in [-0.2, 0) is 24.9 Å². The van der Waals surface area contributed by atoms with Crippen LogP contribution in [0.4, 0.5) is 8.78 Å². The minimum atomic E-state index is -2.19. The summed E-state index contributed by atoms with van der Waals surface area (Å²) in [7, 11) is 0. The molecule has 0 spiro atoms. The van der Waals surface area contributed by atoms with Crippen molar-refractivity contribution in [3.05, 3.63) is 96.4 Å². The molecule has 1 radical (unpaired) electrons. The normalized spacial score (nSPS) is 12.4. The van der Waals surface area contributed by atoms with Gasteiger partial charge in [-0.25, -0.2) is 0 Å². The van der Waals surface area contributed by atoms with Crippen molar-refractivity contribution in [2.24, 2.45) is 10.8 Å². The number of thiophene rings is 1. The van der Waals surface area contributed by atoms with Gasteiger partial charge in [-0.15, -0.1) is 0 Å². The Balaban J connectivity index is 0.000000312. The zero-order chi connectivity index (χ0) is 35.4. The number of hydrogen-bond donors (Lipinski definition) is 1. The molecule has 0 fully saturated rings. The fourth-order valence-corrected chi connectivity index (χ4v) is 10.2. The number of pyridine rings is 1. The van der Waals surface area contributed by atoms with E-state index in [1.165, 1.54) is 45.4 Å². The molecule has 0 bridgehead atoms. The van der Waals surface area contributed by atoms with Crippen molar-refractivity contribution < 1.29 is 38.8 Å². The van der Waals surface area contributed by atoms with Crippen LogP contribution in [0.25, 0.3) is 42.6 Å². The van der Waals surface area contributed by atoms with Crippen molar-refractivity contribution in [2.75, 3.05) is 0 Å². The fraction of sp³-hybridized carbons (Fsp3) is 0.366. The second kappa shape index (κ2) is 16.5. The average molecular weight is 922 g/mol. The van der Waals surface area contributed by atoms with Crippen molar-refractivity contribution in [1.29, 1.82) is 0 Å². The van der Waals surface area contributed by atoms with Gasteiger partial charge in [-0.05, 0) is 25.7 Å². The predicted molar refractivity (Wildman–Crippen MR) is 203 cm³/mol. The molecule has 0 amide bonds. The number of carbonyl (C=O) groups is 1. The Hall–Kier alpha value is -2.71. The Bertz CT molecular complexity index is 1930. The summed E-state index contributed by atoms with van der Waals surface area (Å²) < 4.78 is 31.1. The van der Waals surface area contributed by atoms with Crippen molar-refractivity contribution in [3.8, 4) is 21.7 Å². The molecule has 3 aromatic carbocycles. The van der Waals surface area contributed by atoms with Crippen LogP contribution in [0.15, 0.2) is 78.7 Å². The topological polar surface area (TPSA) is 50.2 Å². The van der Waals surface area contributed by atoms with Gasteiger partial charge in [0.25, 0.3) is 0 Å². The smallest absolute Gasteiger partial charge is 0 e. The second-order valence-corrected chi connectivity index (χ2v) is 25.7. The van der Waals surface area contributed by atoms with E-state index in [-0.39, 0.29) is 48.0 Å². The number of fused-ring (bicyclic) bond motifs is 2. The van der Waals surface area contributed by atoms with Gasteiger partial charge in [0.2, 0.25) is 0 Å². The minimum Gasteiger partial charge on any atom is 0 e. The zero-order valence-electron chi connectivity index (χ0n) is 30.1. The molecule has 3 nitrogen and oxygen atoms in total. The van der Waals surface area contributed by atoms with E-state index in [1.807, 2.05) is 59.7 Å². The van der Waals surface area contributed by atoms with E-state index in [1.54, 1.807) is 6.20 Å². The molecule has 0 aliphatic carbocycles. The number of halogens is 2. The number of rotatable bonds is 10. The number of carbonyl (C=O) groups excluding carboxylic acids is 1. The Morgan fingerprint density at radius 3 is 2.06 bits per heavy atom. The fourth-order valence-electron chi connectivity index (χ4n) is 5.67. The summed E-state index contributed by atoms with van der Waals surface area (Å²) in [6.45, 7) is 12.1. The molecule has 0 saturated heterocycles. The average Bonchev–Trinajstić information content (AvgIpc) is 3.50. The van der Waals surface area contributed by atoms with E-state index >= 15 is 0 Å². The van der Waals surface area contributed by atoms with Crippen LogP contribution >= 0.6 is 11.3 Å². The van der Waals surface area contributed by atoms with Crippen LogP contribution in [-0.4, -0.2) is 29.1 Å². The second-order valence-electron chi connectivity index (χ2n) is 14.1. The molecule has 2 heterocycles. The van der Waals surface area contributed by atoms with E-state index < -0.39 is 24.9 Å². The van der Waals surface area contributed by atoms with E-state index in [4.69, 9.17) is 0 Å². The Morgan fingerprint density at radius 2 is 1.49 bits per heavy atom. The van der Waals surface area contributed by atoms with E-state index in [2.05, 4.69) is 52.6 Å². The quantitative estimate of drug-likeness (QED) is 0.0657. The van der Waals surface area contributed by atoms with Gasteiger partial charge in [0.15, 0.2) is 5.78 Å². The van der Waals surface area contributed by atoms with Crippen LogP contribution in [0.1, 0.15) is 67.2 Å². The van der Waals surface area contributed by atoms with Gasteiger partial charge in [-0.1, -0.05) is 41.5 Å². The van der Waals surface area contributed by atoms with Crippen molar-refractivity contribution in [2.45, 2.75) is 84.5 Å². The molecule has 0 atom stereocenters. The third-order valence-corrected chi connectivity index (χ3v) is 15.5. The molecule has 5 aromatic rings. The first-order valence-corrected chi connectivity index (χ1v) is 25.0. The minimum absolute atomic E-state index is 0. The SMILES string of the molecule is CCC(C)(CC)C(=O)/C=C(\O)C(C)(CC)CC.[CH3][Ge]([CH3])([CH3])[c]1cc(-c2nccc3cc(-c4c(F)cccc4F)sc23)[c-]c2ccccc12.[Ir]. The molecule has 8 heteroatoms. The molecular formula is C41H48F2GeIrNO2S-. The number of nitrogens with zero attached hydrogens (tertiary/aromatic N) is 1. The first-order valence-electron chi connectivity index (χ1n) is 16.9. The number of ketones is 1. The zero-order valence-corrected chi connectivity index (χ0v) is 35.4. The summed E-state index contributed by atoms with van der Waals surface area (Å²) in [5.41, 5.74) is 1.16. The summed E-state index contributed by atoms with van der Waals surface area (Å²) in [5, 5.41) is 13.4. The van der Waals surface area contributed by atoms with Crippen LogP contribution in [0.3, 0.4) is 0 Å². The standard InChI is InChI=1S/C26H20F2GeNS.C15H28O2.Ir/c1-29(2,3)22-14-18(13-16-7-4-5-8-19(16)22)25-26-17(11-12-30-25)15-23(31-26)24-20(27)9-6-10-21(24)28;1-7-14(5,8-2)12(16)11-13(17)15(6,9-3)10-4;/h4-12,14-15H,1-3H3;11,16H,7-10H2,1-6H3;/q-1;;/b;12-11-;. The van der Waals surface area contributed by atoms with Crippen LogP contribution in [0.5, 0.6) is 0 Å². The molecule has 0 aliphatic rings. The monoisotopic (exact) mass is 923 g/mol. The number of benzene rings is 3. The van der Waals surface area contributed by atoms with Crippen LogP contribution in [0, 0.1) is 28.5 Å². The molecule has 49 heavy (non-hydrogen) atoms.